The molecule has 0 aliphatic carbocycles. The minimum atomic E-state index is -0.163. The number of hydrogen-bond acceptors (Lipinski definition) is 7. The summed E-state index contributed by atoms with van der Waals surface area (Å²) in [4.78, 5) is 26.4. The lowest BCUT2D eigenvalue weighted by Crippen LogP contribution is -2.46. The highest BCUT2D eigenvalue weighted by Gasteiger charge is 2.20. The molecule has 4 aromatic rings. The van der Waals surface area contributed by atoms with Gasteiger partial charge >= 0.3 is 0 Å². The van der Waals surface area contributed by atoms with Crippen molar-refractivity contribution in [3.05, 3.63) is 81.8 Å². The number of aromatic nitrogens is 4. The molecule has 0 radical (unpaired) electrons. The summed E-state index contributed by atoms with van der Waals surface area (Å²) >= 11 is 0. The van der Waals surface area contributed by atoms with Crippen LogP contribution in [0, 0.1) is 6.92 Å². The van der Waals surface area contributed by atoms with E-state index < -0.39 is 0 Å². The fourth-order valence-corrected chi connectivity index (χ4v) is 4.25. The van der Waals surface area contributed by atoms with E-state index in [0.717, 1.165) is 48.9 Å². The van der Waals surface area contributed by atoms with Crippen LogP contribution in [-0.2, 0) is 13.1 Å². The predicted molar refractivity (Wildman–Crippen MR) is 133 cm³/mol. The molecular formula is C25H29N7O2. The lowest BCUT2D eigenvalue weighted by Gasteiger charge is -2.36. The molecule has 0 spiro atoms. The third-order valence-corrected chi connectivity index (χ3v) is 6.15. The molecule has 0 atom stereocenters. The monoisotopic (exact) mass is 459 g/mol. The average Bonchev–Trinajstić information content (AvgIpc) is 3.28. The van der Waals surface area contributed by atoms with E-state index in [-0.39, 0.29) is 5.56 Å². The number of aromatic amines is 1. The van der Waals surface area contributed by atoms with Crippen molar-refractivity contribution in [1.29, 1.82) is 0 Å². The fourth-order valence-electron chi connectivity index (χ4n) is 4.25. The minimum absolute atomic E-state index is 0.163. The number of para-hydroxylation sites is 2. The Kier molecular flexibility index (Phi) is 6.18. The van der Waals surface area contributed by atoms with Crippen LogP contribution in [0.1, 0.15) is 16.8 Å². The Morgan fingerprint density at radius 1 is 1.03 bits per heavy atom. The molecule has 9 nitrogen and oxygen atoms in total. The molecule has 3 heterocycles. The Hall–Kier alpha value is -3.85. The Morgan fingerprint density at radius 2 is 1.79 bits per heavy atom. The molecule has 2 N–H and O–H groups in total. The van der Waals surface area contributed by atoms with Gasteiger partial charge in [-0.1, -0.05) is 42.0 Å². The van der Waals surface area contributed by atoms with Crippen molar-refractivity contribution in [2.75, 3.05) is 43.5 Å². The third-order valence-electron chi connectivity index (χ3n) is 6.15. The number of rotatable bonds is 7. The lowest BCUT2D eigenvalue weighted by atomic mass is 10.1. The van der Waals surface area contributed by atoms with Crippen molar-refractivity contribution >= 4 is 17.4 Å². The molecule has 0 unspecified atom stereocenters. The molecular weight excluding hydrogens is 430 g/mol. The zero-order valence-corrected chi connectivity index (χ0v) is 19.5. The molecule has 1 fully saturated rings. The Morgan fingerprint density at radius 3 is 2.56 bits per heavy atom. The second-order valence-corrected chi connectivity index (χ2v) is 8.57. The zero-order valence-electron chi connectivity index (χ0n) is 19.5. The first-order valence-corrected chi connectivity index (χ1v) is 11.5. The summed E-state index contributed by atoms with van der Waals surface area (Å²) in [5.41, 5.74) is 4.04. The van der Waals surface area contributed by atoms with Crippen LogP contribution in [0.25, 0.3) is 5.78 Å². The molecule has 2 aromatic carbocycles. The van der Waals surface area contributed by atoms with E-state index in [1.54, 1.807) is 13.2 Å². The topological polar surface area (TPSA) is 90.8 Å². The van der Waals surface area contributed by atoms with Crippen molar-refractivity contribution < 1.29 is 4.74 Å². The quantitative estimate of drug-likeness (QED) is 0.439. The Balaban J connectivity index is 1.23. The molecule has 1 aliphatic heterocycles. The van der Waals surface area contributed by atoms with Gasteiger partial charge in [0.1, 0.15) is 5.75 Å². The third kappa shape index (κ3) is 4.74. The molecule has 9 heteroatoms. The number of ether oxygens (including phenoxy) is 1. The number of benzene rings is 2. The molecule has 1 aliphatic rings. The van der Waals surface area contributed by atoms with E-state index in [2.05, 4.69) is 67.4 Å². The van der Waals surface area contributed by atoms with Gasteiger partial charge in [-0.25, -0.2) is 4.98 Å². The van der Waals surface area contributed by atoms with Crippen LogP contribution < -0.4 is 20.5 Å². The molecule has 2 aromatic heterocycles. The van der Waals surface area contributed by atoms with E-state index in [9.17, 15) is 4.79 Å². The summed E-state index contributed by atoms with van der Waals surface area (Å²) in [6.07, 6.45) is 0. The van der Waals surface area contributed by atoms with Crippen LogP contribution in [0.2, 0.25) is 0 Å². The molecule has 0 amide bonds. The lowest BCUT2D eigenvalue weighted by molar-refractivity contribution is 0.246. The number of methoxy groups -OCH3 is 1. The molecule has 5 rings (SSSR count). The summed E-state index contributed by atoms with van der Waals surface area (Å²) in [5, 5.41) is 6.23. The van der Waals surface area contributed by atoms with E-state index in [4.69, 9.17) is 4.74 Å². The van der Waals surface area contributed by atoms with E-state index in [1.165, 1.54) is 10.1 Å². The van der Waals surface area contributed by atoms with Gasteiger partial charge in [-0.15, -0.1) is 0 Å². The summed E-state index contributed by atoms with van der Waals surface area (Å²) in [5.74, 6) is 1.79. The number of piperazine rings is 1. The average molecular weight is 460 g/mol. The van der Waals surface area contributed by atoms with E-state index >= 15 is 0 Å². The van der Waals surface area contributed by atoms with Gasteiger partial charge in [0.25, 0.3) is 11.3 Å². The second-order valence-electron chi connectivity index (χ2n) is 8.57. The number of nitrogens with one attached hydrogen (secondary N) is 2. The summed E-state index contributed by atoms with van der Waals surface area (Å²) in [7, 11) is 1.70. The van der Waals surface area contributed by atoms with Crippen LogP contribution in [0.4, 0.5) is 11.6 Å². The highest BCUT2D eigenvalue weighted by molar-refractivity contribution is 5.58. The van der Waals surface area contributed by atoms with Crippen molar-refractivity contribution in [3.8, 4) is 5.75 Å². The normalized spacial score (nSPS) is 14.5. The van der Waals surface area contributed by atoms with Crippen molar-refractivity contribution in [2.45, 2.75) is 20.0 Å². The van der Waals surface area contributed by atoms with Gasteiger partial charge in [-0.3, -0.25) is 14.8 Å². The fraction of sp³-hybridized carbons (Fsp3) is 0.320. The van der Waals surface area contributed by atoms with Crippen molar-refractivity contribution in [1.82, 2.24) is 24.5 Å². The van der Waals surface area contributed by atoms with Gasteiger partial charge < -0.3 is 15.0 Å². The standard InChI is InChI=1S/C25H29N7O2/c1-18-7-9-19(10-8-18)16-26-24-28-25-27-20(15-23(33)32(25)29-24)17-30-11-13-31(14-12-30)21-5-3-4-6-22(21)34-2/h3-10,15H,11-14,16-17H2,1-2H3,(H2,26,27,28,29). The molecule has 34 heavy (non-hydrogen) atoms. The van der Waals surface area contributed by atoms with Gasteiger partial charge in [0, 0.05) is 45.3 Å². The van der Waals surface area contributed by atoms with Crippen molar-refractivity contribution in [2.24, 2.45) is 0 Å². The van der Waals surface area contributed by atoms with Crippen LogP contribution in [0.3, 0.4) is 0 Å². The summed E-state index contributed by atoms with van der Waals surface area (Å²) in [6.45, 7) is 6.81. The molecule has 0 bridgehead atoms. The first-order valence-electron chi connectivity index (χ1n) is 11.5. The second kappa shape index (κ2) is 9.56. The molecule has 176 valence electrons. The maximum Gasteiger partial charge on any atom is 0.274 e. The number of nitrogens with zero attached hydrogens (tertiary/aromatic N) is 5. The Bertz CT molecular complexity index is 1320. The van der Waals surface area contributed by atoms with Crippen molar-refractivity contribution in [3.63, 3.8) is 0 Å². The van der Waals surface area contributed by atoms with Gasteiger partial charge in [0.15, 0.2) is 0 Å². The largest absolute Gasteiger partial charge is 0.495 e. The number of anilines is 2. The first-order chi connectivity index (χ1) is 16.6. The number of aryl methyl sites for hydroxylation is 1. The van der Waals surface area contributed by atoms with Crippen LogP contribution >= 0.6 is 0 Å². The maximum atomic E-state index is 12.7. The molecule has 1 saturated heterocycles. The highest BCUT2D eigenvalue weighted by atomic mass is 16.5. The number of fused-ring (bicyclic) bond motifs is 1. The SMILES string of the molecule is COc1ccccc1N1CCN(Cc2cc(=O)n3[nH]c(NCc4ccc(C)cc4)nc3n2)CC1. The van der Waals surface area contributed by atoms with Gasteiger partial charge in [0.2, 0.25) is 5.95 Å². The van der Waals surface area contributed by atoms with E-state index in [0.29, 0.717) is 24.8 Å². The predicted octanol–water partition coefficient (Wildman–Crippen LogP) is 2.67. The zero-order chi connectivity index (χ0) is 23.5. The molecule has 0 saturated carbocycles. The number of hydrogen-bond donors (Lipinski definition) is 2. The maximum absolute atomic E-state index is 12.7. The highest BCUT2D eigenvalue weighted by Crippen LogP contribution is 2.28. The first kappa shape index (κ1) is 22.0. The van der Waals surface area contributed by atoms with Crippen LogP contribution in [-0.4, -0.2) is 57.8 Å². The van der Waals surface area contributed by atoms with Gasteiger partial charge in [-0.2, -0.15) is 9.50 Å². The smallest absolute Gasteiger partial charge is 0.274 e. The summed E-state index contributed by atoms with van der Waals surface area (Å²) in [6, 6.07) is 18.0. The van der Waals surface area contributed by atoms with Crippen LogP contribution in [0.5, 0.6) is 5.75 Å². The summed E-state index contributed by atoms with van der Waals surface area (Å²) < 4.78 is 6.88. The van der Waals surface area contributed by atoms with E-state index in [1.807, 2.05) is 18.2 Å². The number of H-pyrrole nitrogens is 1. The van der Waals surface area contributed by atoms with Gasteiger partial charge in [-0.05, 0) is 24.6 Å². The minimum Gasteiger partial charge on any atom is -0.495 e. The Labute approximate surface area is 198 Å². The van der Waals surface area contributed by atoms with Gasteiger partial charge in [0.05, 0.1) is 18.5 Å². The van der Waals surface area contributed by atoms with Crippen LogP contribution in [0.15, 0.2) is 59.4 Å².